The molecule has 0 fully saturated rings. The third-order valence-electron chi connectivity index (χ3n) is 6.87. The minimum atomic E-state index is -1.03. The Kier molecular flexibility index (Phi) is 11.9. The van der Waals surface area contributed by atoms with Crippen LogP contribution in [-0.2, 0) is 27.4 Å². The quantitative estimate of drug-likeness (QED) is 0.127. The average Bonchev–Trinajstić information content (AvgIpc) is 3.41. The Balaban J connectivity index is 0.000000191. The van der Waals surface area contributed by atoms with Crippen LogP contribution in [-0.4, -0.2) is 55.3 Å². The molecule has 3 heterocycles. The van der Waals surface area contributed by atoms with Crippen LogP contribution >= 0.6 is 46.3 Å². The Morgan fingerprint density at radius 2 is 1.78 bits per heavy atom. The summed E-state index contributed by atoms with van der Waals surface area (Å²) in [4.78, 5) is 47.9. The number of carboxylic acids is 1. The highest BCUT2D eigenvalue weighted by atomic mass is 35.5. The molecule has 0 bridgehead atoms. The van der Waals surface area contributed by atoms with Gasteiger partial charge in [-0.15, -0.1) is 11.8 Å². The topological polar surface area (TPSA) is 147 Å². The molecule has 0 amide bonds. The van der Waals surface area contributed by atoms with Gasteiger partial charge < -0.3 is 19.3 Å². The van der Waals surface area contributed by atoms with Gasteiger partial charge in [-0.1, -0.05) is 23.2 Å². The number of fused-ring (bicyclic) bond motifs is 2. The standard InChI is InChI=1S/C17H13ClN2O4.C15H15ClFN3O3S2/c1-10(17(21)22)23-12-3-5-13(6-4-12)24-16-9-19-15-8-11(18)2-7-14(15)20-16;1-23-13(21)8-24-12-7-11(10(17)6-9(12)16)18-14-19-4-2-3-5-20(19)15(22)25-14/h2-10H,1H3,(H,21,22);6-7H,2-5,8H2,1H3/b;18-14-. The molecule has 1 unspecified atom stereocenters. The van der Waals surface area contributed by atoms with Gasteiger partial charge in [-0.25, -0.2) is 28.8 Å². The zero-order valence-electron chi connectivity index (χ0n) is 26.0. The third-order valence-corrected chi connectivity index (χ3v) is 9.43. The number of carboxylic acid groups (broad SMARTS) is 1. The van der Waals surface area contributed by atoms with Crippen molar-refractivity contribution in [3.63, 3.8) is 0 Å². The molecular formula is C32H28Cl2FN5O7S2. The Morgan fingerprint density at radius 3 is 2.49 bits per heavy atom. The van der Waals surface area contributed by atoms with Crippen LogP contribution in [0, 0.1) is 5.82 Å². The van der Waals surface area contributed by atoms with Crippen molar-refractivity contribution >= 4 is 75.0 Å². The van der Waals surface area contributed by atoms with E-state index in [1.165, 1.54) is 26.3 Å². The fourth-order valence-corrected chi connectivity index (χ4v) is 6.56. The van der Waals surface area contributed by atoms with Crippen LogP contribution in [0.4, 0.5) is 10.1 Å². The van der Waals surface area contributed by atoms with Crippen molar-refractivity contribution < 1.29 is 33.3 Å². The van der Waals surface area contributed by atoms with E-state index in [0.29, 0.717) is 56.2 Å². The minimum absolute atomic E-state index is 0.0605. The molecule has 49 heavy (non-hydrogen) atoms. The van der Waals surface area contributed by atoms with Gasteiger partial charge in [0, 0.05) is 23.0 Å². The van der Waals surface area contributed by atoms with E-state index >= 15 is 0 Å². The number of halogens is 3. The monoisotopic (exact) mass is 747 g/mol. The molecule has 17 heteroatoms. The number of aliphatic carboxylic acids is 1. The zero-order valence-corrected chi connectivity index (χ0v) is 29.1. The third kappa shape index (κ3) is 9.38. The molecule has 1 N–H and O–H groups in total. The maximum atomic E-state index is 14.3. The molecule has 1 aliphatic heterocycles. The smallest absolute Gasteiger partial charge is 0.344 e. The molecule has 5 aromatic rings. The number of thioether (sulfide) groups is 1. The molecule has 1 atom stereocenters. The Morgan fingerprint density at radius 1 is 1.06 bits per heavy atom. The van der Waals surface area contributed by atoms with E-state index in [9.17, 15) is 18.8 Å². The number of benzene rings is 3. The number of aromatic nitrogens is 4. The summed E-state index contributed by atoms with van der Waals surface area (Å²) in [7, 11) is 1.30. The minimum Gasteiger partial charge on any atom is -0.479 e. The summed E-state index contributed by atoms with van der Waals surface area (Å²) in [5.41, 5.74) is 1.44. The molecular weight excluding hydrogens is 720 g/mol. The number of carbonyl (C=O) groups is 2. The summed E-state index contributed by atoms with van der Waals surface area (Å²) in [6, 6.07) is 14.5. The highest BCUT2D eigenvalue weighted by molar-refractivity contribution is 8.00. The van der Waals surface area contributed by atoms with Gasteiger partial charge in [-0.3, -0.25) is 14.3 Å². The van der Waals surface area contributed by atoms with Crippen LogP contribution in [0.1, 0.15) is 19.8 Å². The molecule has 6 rings (SSSR count). The van der Waals surface area contributed by atoms with Crippen molar-refractivity contribution in [2.75, 3.05) is 12.9 Å². The lowest BCUT2D eigenvalue weighted by Gasteiger charge is -2.15. The first-order valence-corrected chi connectivity index (χ1v) is 17.2. The van der Waals surface area contributed by atoms with Gasteiger partial charge in [0.25, 0.3) is 0 Å². The lowest BCUT2D eigenvalue weighted by atomic mass is 10.3. The van der Waals surface area contributed by atoms with E-state index in [1.54, 1.807) is 51.8 Å². The van der Waals surface area contributed by atoms with Crippen LogP contribution in [0.5, 0.6) is 17.4 Å². The van der Waals surface area contributed by atoms with Crippen LogP contribution in [0.15, 0.2) is 75.5 Å². The number of hydrogen-bond donors (Lipinski definition) is 1. The lowest BCUT2D eigenvalue weighted by Crippen LogP contribution is -2.31. The van der Waals surface area contributed by atoms with Crippen molar-refractivity contribution in [3.05, 3.63) is 91.1 Å². The first kappa shape index (κ1) is 35.9. The highest BCUT2D eigenvalue weighted by Gasteiger charge is 2.16. The second-order valence-electron chi connectivity index (χ2n) is 10.3. The number of esters is 1. The first-order chi connectivity index (χ1) is 23.5. The average molecular weight is 749 g/mol. The first-order valence-electron chi connectivity index (χ1n) is 14.6. The lowest BCUT2D eigenvalue weighted by molar-refractivity contribution is -0.144. The molecule has 12 nitrogen and oxygen atoms in total. The van der Waals surface area contributed by atoms with Crippen molar-refractivity contribution in [3.8, 4) is 17.4 Å². The molecule has 0 radical (unpaired) electrons. The van der Waals surface area contributed by atoms with Gasteiger partial charge >= 0.3 is 16.8 Å². The van der Waals surface area contributed by atoms with E-state index < -0.39 is 23.9 Å². The Bertz CT molecular complexity index is 2120. The normalized spacial score (nSPS) is 13.2. The number of carbonyl (C=O) groups excluding carboxylic acids is 1. The van der Waals surface area contributed by atoms with Gasteiger partial charge in [-0.2, -0.15) is 0 Å². The maximum absolute atomic E-state index is 14.3. The summed E-state index contributed by atoms with van der Waals surface area (Å²) in [5, 5.41) is 9.62. The fraction of sp³-hybridized carbons (Fsp3) is 0.250. The van der Waals surface area contributed by atoms with Crippen molar-refractivity contribution in [2.45, 2.75) is 43.9 Å². The van der Waals surface area contributed by atoms with Crippen molar-refractivity contribution in [1.82, 2.24) is 19.3 Å². The molecule has 2 aromatic heterocycles. The maximum Gasteiger partial charge on any atom is 0.344 e. The predicted molar refractivity (Wildman–Crippen MR) is 184 cm³/mol. The summed E-state index contributed by atoms with van der Waals surface area (Å²) < 4.78 is 33.2. The molecule has 0 spiro atoms. The molecule has 3 aromatic carbocycles. The summed E-state index contributed by atoms with van der Waals surface area (Å²) in [6.45, 7) is 2.79. The second kappa shape index (κ2) is 16.3. The largest absolute Gasteiger partial charge is 0.479 e. The van der Waals surface area contributed by atoms with Gasteiger partial charge in [0.1, 0.15) is 23.0 Å². The number of nitrogens with zero attached hydrogens (tertiary/aromatic N) is 5. The molecule has 0 saturated heterocycles. The van der Waals surface area contributed by atoms with Gasteiger partial charge in [0.15, 0.2) is 6.10 Å². The number of hydrogen-bond acceptors (Lipinski definition) is 11. The van der Waals surface area contributed by atoms with Crippen LogP contribution in [0.3, 0.4) is 0 Å². The molecule has 256 valence electrons. The zero-order chi connectivity index (χ0) is 35.1. The van der Waals surface area contributed by atoms with E-state index in [4.69, 9.17) is 37.8 Å². The number of ether oxygens (including phenoxy) is 3. The number of methoxy groups -OCH3 is 1. The van der Waals surface area contributed by atoms with Crippen LogP contribution in [0.2, 0.25) is 10.0 Å². The van der Waals surface area contributed by atoms with E-state index in [-0.39, 0.29) is 21.3 Å². The van der Waals surface area contributed by atoms with Gasteiger partial charge in [0.05, 0.1) is 35.1 Å². The summed E-state index contributed by atoms with van der Waals surface area (Å²) >= 11 is 14.1. The molecule has 1 aliphatic rings. The molecule has 0 saturated carbocycles. The summed E-state index contributed by atoms with van der Waals surface area (Å²) in [5.74, 6) is -0.628. The number of rotatable bonds is 9. The second-order valence-corrected chi connectivity index (χ2v) is 13.1. The van der Waals surface area contributed by atoms with Gasteiger partial charge in [0.2, 0.25) is 10.7 Å². The Hall–Kier alpha value is -4.44. The predicted octanol–water partition coefficient (Wildman–Crippen LogP) is 6.72. The van der Waals surface area contributed by atoms with Crippen molar-refractivity contribution in [1.29, 1.82) is 0 Å². The summed E-state index contributed by atoms with van der Waals surface area (Å²) in [6.07, 6.45) is 2.48. The van der Waals surface area contributed by atoms with Gasteiger partial charge in [-0.05, 0) is 85.7 Å². The Labute approximate surface area is 296 Å². The van der Waals surface area contributed by atoms with E-state index in [2.05, 4.69) is 19.7 Å². The van der Waals surface area contributed by atoms with Crippen molar-refractivity contribution in [2.24, 2.45) is 4.99 Å². The van der Waals surface area contributed by atoms with E-state index in [0.717, 1.165) is 42.0 Å². The molecule has 0 aliphatic carbocycles. The fourth-order valence-electron chi connectivity index (χ4n) is 4.41. The van der Waals surface area contributed by atoms with Crippen LogP contribution < -0.4 is 19.1 Å². The highest BCUT2D eigenvalue weighted by Crippen LogP contribution is 2.33. The van der Waals surface area contributed by atoms with Crippen LogP contribution in [0.25, 0.3) is 11.0 Å². The SMILES string of the molecule is CC(Oc1ccc(Oc2cnc3cc(Cl)ccc3n2)cc1)C(=O)O.COC(=O)CSc1cc(/N=c2\sc(=O)n3n2CCCC3)c(F)cc1Cl. The van der Waals surface area contributed by atoms with E-state index in [1.807, 2.05) is 0 Å².